The second-order valence-electron chi connectivity index (χ2n) is 5.70. The molecule has 1 aromatic heterocycles. The van der Waals surface area contributed by atoms with Crippen molar-refractivity contribution in [2.75, 3.05) is 27.2 Å². The van der Waals surface area contributed by atoms with Gasteiger partial charge in [0.1, 0.15) is 5.75 Å². The average Bonchev–Trinajstić information content (AvgIpc) is 3.23. The van der Waals surface area contributed by atoms with E-state index >= 15 is 0 Å². The van der Waals surface area contributed by atoms with Gasteiger partial charge in [-0.15, -0.1) is 5.10 Å². The zero-order chi connectivity index (χ0) is 16.4. The van der Waals surface area contributed by atoms with Crippen molar-refractivity contribution in [2.24, 2.45) is 0 Å². The maximum absolute atomic E-state index is 12.7. The lowest BCUT2D eigenvalue weighted by atomic mass is 10.2. The van der Waals surface area contributed by atoms with Gasteiger partial charge >= 0.3 is 0 Å². The second kappa shape index (κ2) is 6.37. The lowest BCUT2D eigenvalue weighted by Gasteiger charge is -2.22. The number of benzene rings is 1. The number of amides is 1. The number of hydrogen-bond donors (Lipinski definition) is 1. The highest BCUT2D eigenvalue weighted by molar-refractivity contribution is 5.93. The summed E-state index contributed by atoms with van der Waals surface area (Å²) in [4.78, 5) is 14.4. The molecule has 122 valence electrons. The zero-order valence-corrected chi connectivity index (χ0v) is 13.6. The summed E-state index contributed by atoms with van der Waals surface area (Å²) >= 11 is 0. The molecule has 2 heterocycles. The summed E-state index contributed by atoms with van der Waals surface area (Å²) in [6.45, 7) is 3.63. The largest absolute Gasteiger partial charge is 0.497 e. The van der Waals surface area contributed by atoms with Crippen LogP contribution in [0.25, 0.3) is 5.69 Å². The van der Waals surface area contributed by atoms with Gasteiger partial charge in [-0.3, -0.25) is 4.79 Å². The lowest BCUT2D eigenvalue weighted by Crippen LogP contribution is -2.38. The Hall–Kier alpha value is -2.41. The Morgan fingerprint density at radius 2 is 2.13 bits per heavy atom. The predicted molar refractivity (Wildman–Crippen MR) is 86.0 cm³/mol. The van der Waals surface area contributed by atoms with E-state index in [1.807, 2.05) is 38.2 Å². The van der Waals surface area contributed by atoms with E-state index in [1.165, 1.54) is 0 Å². The Labute approximate surface area is 135 Å². The van der Waals surface area contributed by atoms with Crippen LogP contribution in [-0.4, -0.2) is 59.1 Å². The number of ether oxygens (including phenoxy) is 1. The van der Waals surface area contributed by atoms with Crippen LogP contribution in [0.2, 0.25) is 0 Å². The molecule has 3 rings (SSSR count). The summed E-state index contributed by atoms with van der Waals surface area (Å²) in [5.41, 5.74) is 1.98. The predicted octanol–water partition coefficient (Wildman–Crippen LogP) is 1.02. The van der Waals surface area contributed by atoms with E-state index in [-0.39, 0.29) is 11.9 Å². The molecule has 1 N–H and O–H groups in total. The number of rotatable bonds is 4. The fourth-order valence-corrected chi connectivity index (χ4v) is 2.80. The molecule has 1 unspecified atom stereocenters. The van der Waals surface area contributed by atoms with Gasteiger partial charge in [0.2, 0.25) is 0 Å². The van der Waals surface area contributed by atoms with Crippen LogP contribution in [0.5, 0.6) is 5.75 Å². The maximum Gasteiger partial charge on any atom is 0.276 e. The minimum atomic E-state index is -0.0871. The van der Waals surface area contributed by atoms with Crippen molar-refractivity contribution in [1.29, 1.82) is 0 Å². The number of likely N-dealkylation sites (N-methyl/N-ethyl adjacent to an activating group) is 1. The Morgan fingerprint density at radius 3 is 2.74 bits per heavy atom. The van der Waals surface area contributed by atoms with Crippen LogP contribution in [-0.2, 0) is 0 Å². The summed E-state index contributed by atoms with van der Waals surface area (Å²) < 4.78 is 6.83. The highest BCUT2D eigenvalue weighted by Crippen LogP contribution is 2.18. The number of carbonyl (C=O) groups is 1. The Bertz CT molecular complexity index is 689. The summed E-state index contributed by atoms with van der Waals surface area (Å²) in [5, 5.41) is 11.5. The maximum atomic E-state index is 12.7. The normalized spacial score (nSPS) is 17.3. The first kappa shape index (κ1) is 15.5. The molecule has 0 aliphatic carbocycles. The van der Waals surface area contributed by atoms with Gasteiger partial charge in [-0.1, -0.05) is 5.21 Å². The fraction of sp³-hybridized carbons (Fsp3) is 0.438. The van der Waals surface area contributed by atoms with Crippen LogP contribution >= 0.6 is 0 Å². The van der Waals surface area contributed by atoms with Crippen LogP contribution in [0.15, 0.2) is 24.3 Å². The molecular weight excluding hydrogens is 294 g/mol. The van der Waals surface area contributed by atoms with Gasteiger partial charge in [-0.25, -0.2) is 4.68 Å². The minimum absolute atomic E-state index is 0.0871. The molecule has 1 saturated heterocycles. The van der Waals surface area contributed by atoms with Gasteiger partial charge < -0.3 is 15.0 Å². The van der Waals surface area contributed by atoms with Crippen molar-refractivity contribution < 1.29 is 9.53 Å². The van der Waals surface area contributed by atoms with E-state index in [4.69, 9.17) is 4.74 Å². The summed E-state index contributed by atoms with van der Waals surface area (Å²) in [7, 11) is 3.45. The molecular formula is C16H21N5O2. The minimum Gasteiger partial charge on any atom is -0.497 e. The van der Waals surface area contributed by atoms with Gasteiger partial charge in [-0.05, 0) is 44.2 Å². The summed E-state index contributed by atoms with van der Waals surface area (Å²) in [5.74, 6) is 0.687. The lowest BCUT2D eigenvalue weighted by molar-refractivity contribution is 0.0737. The van der Waals surface area contributed by atoms with Gasteiger partial charge in [0, 0.05) is 19.6 Å². The zero-order valence-electron chi connectivity index (χ0n) is 13.6. The van der Waals surface area contributed by atoms with Crippen molar-refractivity contribution in [2.45, 2.75) is 19.4 Å². The number of methoxy groups -OCH3 is 1. The van der Waals surface area contributed by atoms with E-state index in [1.54, 1.807) is 16.7 Å². The van der Waals surface area contributed by atoms with Crippen molar-refractivity contribution in [1.82, 2.24) is 25.2 Å². The molecule has 1 aromatic carbocycles. The van der Waals surface area contributed by atoms with E-state index in [9.17, 15) is 4.79 Å². The van der Waals surface area contributed by atoms with E-state index < -0.39 is 0 Å². The number of aromatic nitrogens is 3. The Kier molecular flexibility index (Phi) is 4.29. The fourth-order valence-electron chi connectivity index (χ4n) is 2.80. The molecule has 2 aromatic rings. The van der Waals surface area contributed by atoms with Crippen molar-refractivity contribution in [3.05, 3.63) is 35.7 Å². The molecule has 0 saturated carbocycles. The molecule has 1 aliphatic rings. The summed E-state index contributed by atoms with van der Waals surface area (Å²) in [6.07, 6.45) is 0.966. The van der Waals surface area contributed by atoms with Crippen molar-refractivity contribution >= 4 is 5.91 Å². The molecule has 7 nitrogen and oxygen atoms in total. The molecule has 0 radical (unpaired) electrons. The quantitative estimate of drug-likeness (QED) is 0.912. The van der Waals surface area contributed by atoms with Gasteiger partial charge in [0.05, 0.1) is 18.5 Å². The topological polar surface area (TPSA) is 72.3 Å². The molecule has 1 aliphatic heterocycles. The molecule has 7 heteroatoms. The average molecular weight is 315 g/mol. The first-order chi connectivity index (χ1) is 11.1. The van der Waals surface area contributed by atoms with E-state index in [0.29, 0.717) is 5.69 Å². The molecule has 0 bridgehead atoms. The molecule has 1 fully saturated rings. The first-order valence-corrected chi connectivity index (χ1v) is 7.66. The van der Waals surface area contributed by atoms with Crippen LogP contribution in [0.1, 0.15) is 22.6 Å². The Balaban J connectivity index is 1.84. The molecule has 1 atom stereocenters. The van der Waals surface area contributed by atoms with Crippen molar-refractivity contribution in [3.8, 4) is 11.4 Å². The number of nitrogens with one attached hydrogen (secondary N) is 1. The van der Waals surface area contributed by atoms with Gasteiger partial charge in [0.25, 0.3) is 5.91 Å². The summed E-state index contributed by atoms with van der Waals surface area (Å²) in [6, 6.07) is 7.70. The SMILES string of the molecule is COc1ccc(-n2nnc(C(=O)N(C)C3CCNC3)c2C)cc1. The smallest absolute Gasteiger partial charge is 0.276 e. The highest BCUT2D eigenvalue weighted by Gasteiger charge is 2.27. The van der Waals surface area contributed by atoms with Crippen LogP contribution in [0.4, 0.5) is 0 Å². The third kappa shape index (κ3) is 2.92. The standard InChI is InChI=1S/C16H21N5O2/c1-11-15(16(22)20(2)13-8-9-17-10-13)18-19-21(11)12-4-6-14(23-3)7-5-12/h4-7,13,17H,8-10H2,1-3H3. The van der Waals surface area contributed by atoms with Crippen LogP contribution < -0.4 is 10.1 Å². The van der Waals surface area contributed by atoms with Gasteiger partial charge in [-0.2, -0.15) is 0 Å². The highest BCUT2D eigenvalue weighted by atomic mass is 16.5. The first-order valence-electron chi connectivity index (χ1n) is 7.66. The molecule has 23 heavy (non-hydrogen) atoms. The number of carbonyl (C=O) groups excluding carboxylic acids is 1. The molecule has 0 spiro atoms. The second-order valence-corrected chi connectivity index (χ2v) is 5.70. The van der Waals surface area contributed by atoms with E-state index in [0.717, 1.165) is 36.6 Å². The monoisotopic (exact) mass is 315 g/mol. The third-order valence-corrected chi connectivity index (χ3v) is 4.32. The van der Waals surface area contributed by atoms with Crippen LogP contribution in [0.3, 0.4) is 0 Å². The Morgan fingerprint density at radius 1 is 1.39 bits per heavy atom. The van der Waals surface area contributed by atoms with Crippen molar-refractivity contribution in [3.63, 3.8) is 0 Å². The van der Waals surface area contributed by atoms with Gasteiger partial charge in [0.15, 0.2) is 5.69 Å². The molecule has 1 amide bonds. The number of nitrogens with zero attached hydrogens (tertiary/aromatic N) is 4. The third-order valence-electron chi connectivity index (χ3n) is 4.32. The van der Waals surface area contributed by atoms with E-state index in [2.05, 4.69) is 15.6 Å². The number of hydrogen-bond acceptors (Lipinski definition) is 5. The van der Waals surface area contributed by atoms with Crippen LogP contribution in [0, 0.1) is 6.92 Å².